The minimum absolute atomic E-state index is 0.431. The molecule has 2 saturated heterocycles. The van der Waals surface area contributed by atoms with Crippen molar-refractivity contribution in [1.29, 1.82) is 0 Å². The fourth-order valence-electron chi connectivity index (χ4n) is 3.80. The Hall–Kier alpha value is -0.120. The van der Waals surface area contributed by atoms with E-state index in [2.05, 4.69) is 29.4 Å². The van der Waals surface area contributed by atoms with Crippen molar-refractivity contribution < 1.29 is 0 Å². The van der Waals surface area contributed by atoms with E-state index >= 15 is 0 Å². The quantitative estimate of drug-likeness (QED) is 0.794. The standard InChI is InChI=1S/C16H31N3/c1-16(2,13-4-3-8-17-10-13)12-18-14-7-9-19(11-14)15-5-6-15/h13-15,17-18H,3-12H2,1-2H3. The first-order valence-corrected chi connectivity index (χ1v) is 8.33. The van der Waals surface area contributed by atoms with E-state index in [0.29, 0.717) is 5.41 Å². The zero-order valence-corrected chi connectivity index (χ0v) is 12.8. The van der Waals surface area contributed by atoms with Gasteiger partial charge in [-0.05, 0) is 56.5 Å². The van der Waals surface area contributed by atoms with Gasteiger partial charge in [-0.3, -0.25) is 4.90 Å². The van der Waals surface area contributed by atoms with Crippen LogP contribution in [-0.4, -0.2) is 49.7 Å². The van der Waals surface area contributed by atoms with Crippen molar-refractivity contribution in [3.05, 3.63) is 0 Å². The molecule has 3 heteroatoms. The molecule has 3 rings (SSSR count). The molecule has 0 amide bonds. The first-order valence-electron chi connectivity index (χ1n) is 8.33. The highest BCUT2D eigenvalue weighted by Crippen LogP contribution is 2.32. The molecule has 0 aromatic carbocycles. The number of rotatable bonds is 5. The van der Waals surface area contributed by atoms with Crippen LogP contribution in [0.5, 0.6) is 0 Å². The van der Waals surface area contributed by atoms with Crippen LogP contribution in [0.4, 0.5) is 0 Å². The number of piperidine rings is 1. The average Bonchev–Trinajstić information content (AvgIpc) is 3.17. The predicted molar refractivity (Wildman–Crippen MR) is 80.4 cm³/mol. The zero-order chi connectivity index (χ0) is 13.3. The lowest BCUT2D eigenvalue weighted by Crippen LogP contribution is -2.46. The van der Waals surface area contributed by atoms with Crippen LogP contribution in [-0.2, 0) is 0 Å². The molecule has 0 spiro atoms. The van der Waals surface area contributed by atoms with Gasteiger partial charge in [-0.2, -0.15) is 0 Å². The van der Waals surface area contributed by atoms with Gasteiger partial charge >= 0.3 is 0 Å². The van der Waals surface area contributed by atoms with Crippen molar-refractivity contribution >= 4 is 0 Å². The molecule has 0 aromatic rings. The van der Waals surface area contributed by atoms with Crippen molar-refractivity contribution in [2.75, 3.05) is 32.7 Å². The lowest BCUT2D eigenvalue weighted by atomic mass is 9.75. The molecule has 1 saturated carbocycles. The Morgan fingerprint density at radius 2 is 2.05 bits per heavy atom. The summed E-state index contributed by atoms with van der Waals surface area (Å²) in [4.78, 5) is 2.70. The molecule has 0 bridgehead atoms. The second kappa shape index (κ2) is 5.71. The molecule has 0 radical (unpaired) electrons. The van der Waals surface area contributed by atoms with Crippen LogP contribution in [0.1, 0.15) is 46.0 Å². The van der Waals surface area contributed by atoms with Crippen LogP contribution in [0.25, 0.3) is 0 Å². The lowest BCUT2D eigenvalue weighted by molar-refractivity contribution is 0.161. The summed E-state index contributed by atoms with van der Waals surface area (Å²) >= 11 is 0. The molecule has 110 valence electrons. The maximum absolute atomic E-state index is 3.86. The smallest absolute Gasteiger partial charge is 0.0207 e. The number of nitrogens with zero attached hydrogens (tertiary/aromatic N) is 1. The third-order valence-corrected chi connectivity index (χ3v) is 5.53. The molecule has 3 nitrogen and oxygen atoms in total. The predicted octanol–water partition coefficient (Wildman–Crippen LogP) is 1.84. The number of nitrogens with one attached hydrogen (secondary N) is 2. The SMILES string of the molecule is CC(C)(CNC1CCN(C2CC2)C1)C1CCCNC1. The first kappa shape index (κ1) is 13.8. The summed E-state index contributed by atoms with van der Waals surface area (Å²) in [5, 5.41) is 7.43. The molecule has 3 aliphatic rings. The molecule has 2 N–H and O–H groups in total. The maximum Gasteiger partial charge on any atom is 0.0207 e. The van der Waals surface area contributed by atoms with Gasteiger partial charge < -0.3 is 10.6 Å². The summed E-state index contributed by atoms with van der Waals surface area (Å²) in [5.41, 5.74) is 0.431. The van der Waals surface area contributed by atoms with Crippen LogP contribution in [0.3, 0.4) is 0 Å². The molecular formula is C16H31N3. The van der Waals surface area contributed by atoms with Gasteiger partial charge in [0.15, 0.2) is 0 Å². The Morgan fingerprint density at radius 3 is 2.74 bits per heavy atom. The molecule has 2 aliphatic heterocycles. The molecule has 0 aromatic heterocycles. The van der Waals surface area contributed by atoms with Crippen LogP contribution < -0.4 is 10.6 Å². The highest BCUT2D eigenvalue weighted by molar-refractivity contribution is 4.93. The van der Waals surface area contributed by atoms with Gasteiger partial charge in [0, 0.05) is 31.7 Å². The minimum Gasteiger partial charge on any atom is -0.316 e. The third kappa shape index (κ3) is 3.50. The fourth-order valence-corrected chi connectivity index (χ4v) is 3.80. The van der Waals surface area contributed by atoms with E-state index < -0.39 is 0 Å². The van der Waals surface area contributed by atoms with Crippen LogP contribution in [0.2, 0.25) is 0 Å². The number of hydrogen-bond acceptors (Lipinski definition) is 3. The van der Waals surface area contributed by atoms with E-state index in [1.807, 2.05) is 0 Å². The molecule has 2 unspecified atom stereocenters. The second-order valence-corrected chi connectivity index (χ2v) is 7.62. The summed E-state index contributed by atoms with van der Waals surface area (Å²) in [7, 11) is 0. The second-order valence-electron chi connectivity index (χ2n) is 7.62. The summed E-state index contributed by atoms with van der Waals surface area (Å²) in [6.07, 6.45) is 7.01. The van der Waals surface area contributed by atoms with Crippen molar-refractivity contribution in [3.8, 4) is 0 Å². The number of hydrogen-bond donors (Lipinski definition) is 2. The lowest BCUT2D eigenvalue weighted by Gasteiger charge is -2.38. The van der Waals surface area contributed by atoms with E-state index in [4.69, 9.17) is 0 Å². The Bertz CT molecular complexity index is 292. The van der Waals surface area contributed by atoms with Crippen LogP contribution >= 0.6 is 0 Å². The highest BCUT2D eigenvalue weighted by atomic mass is 15.2. The van der Waals surface area contributed by atoms with Crippen molar-refractivity contribution in [2.24, 2.45) is 11.3 Å². The Kier molecular flexibility index (Phi) is 4.16. The van der Waals surface area contributed by atoms with E-state index in [-0.39, 0.29) is 0 Å². The average molecular weight is 265 g/mol. The fraction of sp³-hybridized carbons (Fsp3) is 1.00. The van der Waals surface area contributed by atoms with Gasteiger partial charge in [-0.25, -0.2) is 0 Å². The number of likely N-dealkylation sites (tertiary alicyclic amines) is 1. The molecule has 19 heavy (non-hydrogen) atoms. The summed E-state index contributed by atoms with van der Waals surface area (Å²) in [6.45, 7) is 11.1. The Morgan fingerprint density at radius 1 is 1.21 bits per heavy atom. The van der Waals surface area contributed by atoms with Gasteiger partial charge in [-0.1, -0.05) is 13.8 Å². The monoisotopic (exact) mass is 265 g/mol. The summed E-state index contributed by atoms with van der Waals surface area (Å²) in [5.74, 6) is 0.842. The molecular weight excluding hydrogens is 234 g/mol. The minimum atomic E-state index is 0.431. The maximum atomic E-state index is 3.86. The van der Waals surface area contributed by atoms with E-state index in [0.717, 1.165) is 18.0 Å². The summed E-state index contributed by atoms with van der Waals surface area (Å²) in [6, 6.07) is 1.69. The van der Waals surface area contributed by atoms with Crippen molar-refractivity contribution in [1.82, 2.24) is 15.5 Å². The van der Waals surface area contributed by atoms with Gasteiger partial charge in [0.25, 0.3) is 0 Å². The Labute approximate surface area is 118 Å². The van der Waals surface area contributed by atoms with E-state index in [9.17, 15) is 0 Å². The molecule has 1 aliphatic carbocycles. The molecule has 2 atom stereocenters. The van der Waals surface area contributed by atoms with Gasteiger partial charge in [0.05, 0.1) is 0 Å². The zero-order valence-electron chi connectivity index (χ0n) is 12.8. The topological polar surface area (TPSA) is 27.3 Å². The van der Waals surface area contributed by atoms with Crippen molar-refractivity contribution in [2.45, 2.75) is 58.0 Å². The third-order valence-electron chi connectivity index (χ3n) is 5.53. The first-order chi connectivity index (χ1) is 9.15. The largest absolute Gasteiger partial charge is 0.316 e. The highest BCUT2D eigenvalue weighted by Gasteiger charge is 2.36. The summed E-state index contributed by atoms with van der Waals surface area (Å²) < 4.78 is 0. The Balaban J connectivity index is 1.42. The van der Waals surface area contributed by atoms with Crippen molar-refractivity contribution in [3.63, 3.8) is 0 Å². The molecule has 2 heterocycles. The molecule has 3 fully saturated rings. The van der Waals surface area contributed by atoms with E-state index in [1.54, 1.807) is 0 Å². The van der Waals surface area contributed by atoms with Gasteiger partial charge in [-0.15, -0.1) is 0 Å². The van der Waals surface area contributed by atoms with Crippen LogP contribution in [0.15, 0.2) is 0 Å². The normalized spacial score (nSPS) is 33.8. The van der Waals surface area contributed by atoms with Gasteiger partial charge in [0.2, 0.25) is 0 Å². The van der Waals surface area contributed by atoms with Crippen LogP contribution in [0, 0.1) is 11.3 Å². The van der Waals surface area contributed by atoms with Gasteiger partial charge in [0.1, 0.15) is 0 Å². The van der Waals surface area contributed by atoms with E-state index in [1.165, 1.54) is 64.8 Å².